The Morgan fingerprint density at radius 1 is 1.04 bits per heavy atom. The second-order valence-electron chi connectivity index (χ2n) is 5.45. The van der Waals surface area contributed by atoms with Crippen LogP contribution in [-0.4, -0.2) is 32.5 Å². The fourth-order valence-corrected chi connectivity index (χ4v) is 3.19. The van der Waals surface area contributed by atoms with Gasteiger partial charge in [0.1, 0.15) is 5.75 Å². The van der Waals surface area contributed by atoms with Gasteiger partial charge in [-0.15, -0.1) is 0 Å². The average molecular weight is 348 g/mol. The van der Waals surface area contributed by atoms with Crippen LogP contribution in [0, 0.1) is 13.8 Å². The Balaban J connectivity index is 1.89. The minimum absolute atomic E-state index is 0.00177. The van der Waals surface area contributed by atoms with E-state index in [1.165, 1.54) is 12.1 Å². The Morgan fingerprint density at radius 2 is 1.79 bits per heavy atom. The van der Waals surface area contributed by atoms with E-state index in [9.17, 15) is 18.3 Å². The minimum Gasteiger partial charge on any atom is -0.508 e. The number of phenols is 1. The number of rotatable bonds is 6. The number of phenolic OH excluding ortho intramolecular Hbond substituents is 1. The highest BCUT2D eigenvalue weighted by Gasteiger charge is 2.14. The van der Waals surface area contributed by atoms with E-state index < -0.39 is 10.0 Å². The van der Waals surface area contributed by atoms with Crippen molar-refractivity contribution in [2.45, 2.75) is 18.7 Å². The van der Waals surface area contributed by atoms with E-state index in [4.69, 9.17) is 0 Å². The Hall–Kier alpha value is -2.38. The van der Waals surface area contributed by atoms with E-state index in [0.29, 0.717) is 5.56 Å². The van der Waals surface area contributed by atoms with Crippen LogP contribution in [0.4, 0.5) is 0 Å². The van der Waals surface area contributed by atoms with E-state index in [1.807, 2.05) is 13.8 Å². The van der Waals surface area contributed by atoms with Crippen LogP contribution in [0.25, 0.3) is 0 Å². The Bertz CT molecular complexity index is 847. The third kappa shape index (κ3) is 4.56. The van der Waals surface area contributed by atoms with Crippen LogP contribution in [0.5, 0.6) is 5.75 Å². The predicted molar refractivity (Wildman–Crippen MR) is 91.5 cm³/mol. The van der Waals surface area contributed by atoms with Gasteiger partial charge in [0.15, 0.2) is 0 Å². The predicted octanol–water partition coefficient (Wildman–Crippen LogP) is 1.72. The molecule has 7 heteroatoms. The summed E-state index contributed by atoms with van der Waals surface area (Å²) in [6, 6.07) is 10.9. The molecule has 0 bridgehead atoms. The number of amides is 1. The monoisotopic (exact) mass is 348 g/mol. The molecular formula is C17H20N2O4S. The third-order valence-electron chi connectivity index (χ3n) is 3.60. The first-order valence-electron chi connectivity index (χ1n) is 7.44. The molecule has 0 saturated heterocycles. The lowest BCUT2D eigenvalue weighted by Gasteiger charge is -2.09. The van der Waals surface area contributed by atoms with E-state index in [-0.39, 0.29) is 29.6 Å². The van der Waals surface area contributed by atoms with Crippen molar-refractivity contribution >= 4 is 15.9 Å². The van der Waals surface area contributed by atoms with Crippen molar-refractivity contribution in [3.63, 3.8) is 0 Å². The zero-order valence-corrected chi connectivity index (χ0v) is 14.4. The van der Waals surface area contributed by atoms with Gasteiger partial charge >= 0.3 is 0 Å². The van der Waals surface area contributed by atoms with E-state index in [0.717, 1.165) is 11.1 Å². The number of nitrogens with one attached hydrogen (secondary N) is 2. The van der Waals surface area contributed by atoms with E-state index >= 15 is 0 Å². The summed E-state index contributed by atoms with van der Waals surface area (Å²) < 4.78 is 26.8. The second-order valence-corrected chi connectivity index (χ2v) is 7.22. The van der Waals surface area contributed by atoms with Crippen LogP contribution in [0.2, 0.25) is 0 Å². The summed E-state index contributed by atoms with van der Waals surface area (Å²) in [5.41, 5.74) is 2.23. The van der Waals surface area contributed by atoms with Gasteiger partial charge in [-0.3, -0.25) is 4.79 Å². The molecule has 0 saturated carbocycles. The Kier molecular flexibility index (Phi) is 5.58. The summed E-state index contributed by atoms with van der Waals surface area (Å²) in [7, 11) is -3.61. The lowest BCUT2D eigenvalue weighted by Crippen LogP contribution is -2.34. The Morgan fingerprint density at radius 3 is 2.46 bits per heavy atom. The fourth-order valence-electron chi connectivity index (χ4n) is 2.08. The molecule has 0 fully saturated rings. The lowest BCUT2D eigenvalue weighted by atomic mass is 10.1. The molecule has 0 aliphatic rings. The summed E-state index contributed by atoms with van der Waals surface area (Å²) >= 11 is 0. The number of aromatic hydroxyl groups is 1. The SMILES string of the molecule is Cc1ccc(S(=O)(=O)NCCNC(=O)c2cccc(O)c2)cc1C. The van der Waals surface area contributed by atoms with Gasteiger partial charge in [0.05, 0.1) is 4.90 Å². The maximum Gasteiger partial charge on any atom is 0.251 e. The van der Waals surface area contributed by atoms with Crippen molar-refractivity contribution < 1.29 is 18.3 Å². The molecule has 0 spiro atoms. The van der Waals surface area contributed by atoms with Crippen molar-refractivity contribution in [1.82, 2.24) is 10.0 Å². The molecule has 6 nitrogen and oxygen atoms in total. The number of carbonyl (C=O) groups is 1. The highest BCUT2D eigenvalue weighted by atomic mass is 32.2. The van der Waals surface area contributed by atoms with Crippen molar-refractivity contribution in [2.75, 3.05) is 13.1 Å². The van der Waals surface area contributed by atoms with E-state index in [1.54, 1.807) is 30.3 Å². The maximum atomic E-state index is 12.2. The van der Waals surface area contributed by atoms with Crippen molar-refractivity contribution in [1.29, 1.82) is 0 Å². The van der Waals surface area contributed by atoms with Gasteiger partial charge in [-0.25, -0.2) is 13.1 Å². The molecule has 0 heterocycles. The zero-order valence-electron chi connectivity index (χ0n) is 13.5. The molecule has 24 heavy (non-hydrogen) atoms. The smallest absolute Gasteiger partial charge is 0.251 e. The van der Waals surface area contributed by atoms with Crippen LogP contribution in [0.3, 0.4) is 0 Å². The molecule has 0 atom stereocenters. The molecule has 2 aromatic rings. The topological polar surface area (TPSA) is 95.5 Å². The van der Waals surface area contributed by atoms with Crippen LogP contribution in [0.1, 0.15) is 21.5 Å². The zero-order chi connectivity index (χ0) is 17.7. The molecular weight excluding hydrogens is 328 g/mol. The molecule has 0 radical (unpaired) electrons. The summed E-state index contributed by atoms with van der Waals surface area (Å²) in [6.45, 7) is 3.97. The standard InChI is InChI=1S/C17H20N2O4S/c1-12-6-7-16(10-13(12)2)24(22,23)19-9-8-18-17(21)14-4-3-5-15(20)11-14/h3-7,10-11,19-20H,8-9H2,1-2H3,(H,18,21). The second kappa shape index (κ2) is 7.46. The minimum atomic E-state index is -3.61. The van der Waals surface area contributed by atoms with Gasteiger partial charge in [0.2, 0.25) is 10.0 Å². The van der Waals surface area contributed by atoms with Crippen molar-refractivity contribution in [2.24, 2.45) is 0 Å². The number of hydrogen-bond acceptors (Lipinski definition) is 4. The molecule has 2 rings (SSSR count). The molecule has 1 amide bonds. The summed E-state index contributed by atoms with van der Waals surface area (Å²) in [4.78, 5) is 12.1. The first-order chi connectivity index (χ1) is 11.3. The molecule has 2 aromatic carbocycles. The van der Waals surface area contributed by atoms with Crippen LogP contribution in [-0.2, 0) is 10.0 Å². The van der Waals surface area contributed by atoms with Gasteiger partial charge in [-0.1, -0.05) is 12.1 Å². The number of sulfonamides is 1. The largest absolute Gasteiger partial charge is 0.508 e. The van der Waals surface area contributed by atoms with Gasteiger partial charge in [-0.2, -0.15) is 0 Å². The van der Waals surface area contributed by atoms with Crippen LogP contribution < -0.4 is 10.0 Å². The summed E-state index contributed by atoms with van der Waals surface area (Å²) in [5.74, 6) is -0.380. The molecule has 0 aromatic heterocycles. The molecule has 0 aliphatic heterocycles. The number of aryl methyl sites for hydroxylation is 2. The van der Waals surface area contributed by atoms with Crippen molar-refractivity contribution in [3.05, 3.63) is 59.2 Å². The third-order valence-corrected chi connectivity index (χ3v) is 5.06. The summed E-state index contributed by atoms with van der Waals surface area (Å²) in [5, 5.41) is 11.9. The average Bonchev–Trinajstić information content (AvgIpc) is 2.54. The molecule has 0 aliphatic carbocycles. The van der Waals surface area contributed by atoms with Gasteiger partial charge in [0, 0.05) is 18.7 Å². The first kappa shape index (κ1) is 18.0. The summed E-state index contributed by atoms with van der Waals surface area (Å²) in [6.07, 6.45) is 0. The van der Waals surface area contributed by atoms with Crippen LogP contribution >= 0.6 is 0 Å². The van der Waals surface area contributed by atoms with E-state index in [2.05, 4.69) is 10.0 Å². The lowest BCUT2D eigenvalue weighted by molar-refractivity contribution is 0.0954. The number of hydrogen-bond donors (Lipinski definition) is 3. The van der Waals surface area contributed by atoms with Gasteiger partial charge in [-0.05, 0) is 55.3 Å². The molecule has 0 unspecified atom stereocenters. The normalized spacial score (nSPS) is 11.2. The maximum absolute atomic E-state index is 12.2. The number of benzene rings is 2. The van der Waals surface area contributed by atoms with Crippen molar-refractivity contribution in [3.8, 4) is 5.75 Å². The van der Waals surface area contributed by atoms with Gasteiger partial charge < -0.3 is 10.4 Å². The Labute approximate surface area is 141 Å². The fraction of sp³-hybridized carbons (Fsp3) is 0.235. The first-order valence-corrected chi connectivity index (χ1v) is 8.92. The number of carbonyl (C=O) groups excluding carboxylic acids is 1. The van der Waals surface area contributed by atoms with Crippen LogP contribution in [0.15, 0.2) is 47.4 Å². The highest BCUT2D eigenvalue weighted by Crippen LogP contribution is 2.14. The quantitative estimate of drug-likeness (QED) is 0.693. The molecule has 3 N–H and O–H groups in total. The van der Waals surface area contributed by atoms with Gasteiger partial charge in [0.25, 0.3) is 5.91 Å². The highest BCUT2D eigenvalue weighted by molar-refractivity contribution is 7.89. The molecule has 128 valence electrons.